The van der Waals surface area contributed by atoms with Crippen molar-refractivity contribution in [3.8, 4) is 0 Å². The molecule has 0 heterocycles. The van der Waals surface area contributed by atoms with Crippen molar-refractivity contribution >= 4 is 16.9 Å². The highest BCUT2D eigenvalue weighted by Crippen LogP contribution is 2.17. The summed E-state index contributed by atoms with van der Waals surface area (Å²) in [5, 5.41) is 0. The Labute approximate surface area is 170 Å². The van der Waals surface area contributed by atoms with Gasteiger partial charge >= 0.3 is 8.56 Å². The van der Waals surface area contributed by atoms with Crippen LogP contribution in [0.4, 0.5) is 0 Å². The van der Waals surface area contributed by atoms with Crippen LogP contribution in [0.3, 0.4) is 0 Å². The van der Waals surface area contributed by atoms with Gasteiger partial charge in [-0.15, -0.1) is 0 Å². The van der Waals surface area contributed by atoms with Crippen molar-refractivity contribution < 1.29 is 13.3 Å². The highest BCUT2D eigenvalue weighted by molar-refractivity contribution is 6.71. The van der Waals surface area contributed by atoms with Crippen LogP contribution in [0, 0.1) is 0 Å². The molecule has 0 fully saturated rings. The van der Waals surface area contributed by atoms with Gasteiger partial charge in [-0.25, -0.2) is 0 Å². The monoisotopic (exact) mass is 424 g/mol. The van der Waals surface area contributed by atoms with Crippen LogP contribution in [0.2, 0.25) is 31.7 Å². The molecular formula is C18H48N4O3Si2. The van der Waals surface area contributed by atoms with Crippen molar-refractivity contribution in [2.24, 2.45) is 22.9 Å². The average Bonchev–Trinajstić information content (AvgIpc) is 2.60. The molecule has 0 aromatic carbocycles. The van der Waals surface area contributed by atoms with Crippen LogP contribution >= 0.6 is 0 Å². The number of nitrogens with two attached hydrogens (primary N) is 4. The Morgan fingerprint density at radius 2 is 1.15 bits per heavy atom. The summed E-state index contributed by atoms with van der Waals surface area (Å²) in [5.41, 5.74) is 22.6. The van der Waals surface area contributed by atoms with Crippen LogP contribution in [-0.4, -0.2) is 62.4 Å². The largest absolute Gasteiger partial charge is 0.420 e. The van der Waals surface area contributed by atoms with Crippen LogP contribution in [0.5, 0.6) is 0 Å². The topological polar surface area (TPSA) is 132 Å². The van der Waals surface area contributed by atoms with Crippen LogP contribution in [0.25, 0.3) is 0 Å². The molecule has 27 heavy (non-hydrogen) atoms. The van der Waals surface area contributed by atoms with Crippen LogP contribution < -0.4 is 22.9 Å². The molecule has 0 radical (unpaired) electrons. The molecule has 166 valence electrons. The first-order chi connectivity index (χ1) is 12.6. The van der Waals surface area contributed by atoms with E-state index >= 15 is 0 Å². The molecule has 0 aromatic heterocycles. The van der Waals surface area contributed by atoms with Gasteiger partial charge in [0.05, 0.1) is 0 Å². The quantitative estimate of drug-likeness (QED) is 0.296. The van der Waals surface area contributed by atoms with Crippen molar-refractivity contribution in [2.75, 3.05) is 33.4 Å². The zero-order valence-electron chi connectivity index (χ0n) is 18.8. The zero-order valence-corrected chi connectivity index (χ0v) is 20.8. The summed E-state index contributed by atoms with van der Waals surface area (Å²) in [7, 11) is -1.56. The molecule has 0 rings (SSSR count). The van der Waals surface area contributed by atoms with Gasteiger partial charge in [-0.05, 0) is 84.3 Å². The van der Waals surface area contributed by atoms with Gasteiger partial charge in [0, 0.05) is 32.4 Å². The molecule has 0 saturated heterocycles. The standard InChI is InChI=1S/C10H26N2O2Si.C8H22N2OSi/c1-4-13-15(3,14-5-2)9-7-10(12)6-8-11;1-11-12(2,3)7-5-8(10)4-6-9/h10H,4-9,11-12H2,1-3H3;8H,4-7,9-10H2,1-3H3. The van der Waals surface area contributed by atoms with Crippen molar-refractivity contribution in [3.05, 3.63) is 0 Å². The fourth-order valence-electron chi connectivity index (χ4n) is 2.60. The second kappa shape index (κ2) is 17.0. The lowest BCUT2D eigenvalue weighted by Crippen LogP contribution is -2.40. The fourth-order valence-corrected chi connectivity index (χ4v) is 6.35. The molecule has 7 nitrogen and oxygen atoms in total. The van der Waals surface area contributed by atoms with E-state index in [0.717, 1.165) is 51.0 Å². The van der Waals surface area contributed by atoms with Gasteiger partial charge in [0.15, 0.2) is 8.32 Å². The molecule has 0 aliphatic rings. The van der Waals surface area contributed by atoms with Gasteiger partial charge in [-0.2, -0.15) is 0 Å². The van der Waals surface area contributed by atoms with Crippen molar-refractivity contribution in [1.82, 2.24) is 0 Å². The average molecular weight is 425 g/mol. The second-order valence-electron chi connectivity index (χ2n) is 7.72. The number of rotatable bonds is 15. The molecule has 0 aliphatic carbocycles. The van der Waals surface area contributed by atoms with E-state index < -0.39 is 16.9 Å². The maximum Gasteiger partial charge on any atom is 0.334 e. The highest BCUT2D eigenvalue weighted by Gasteiger charge is 2.30. The first kappa shape index (κ1) is 29.4. The van der Waals surface area contributed by atoms with Crippen molar-refractivity contribution in [2.45, 2.75) is 83.3 Å². The van der Waals surface area contributed by atoms with Crippen LogP contribution in [0.15, 0.2) is 0 Å². The molecule has 2 unspecified atom stereocenters. The first-order valence-corrected chi connectivity index (χ1v) is 16.0. The third kappa shape index (κ3) is 18.0. The van der Waals surface area contributed by atoms with E-state index in [0.29, 0.717) is 13.1 Å². The van der Waals surface area contributed by atoms with Gasteiger partial charge in [-0.1, -0.05) is 0 Å². The molecule has 0 aliphatic heterocycles. The molecule has 0 amide bonds. The summed E-state index contributed by atoms with van der Waals surface area (Å²) >= 11 is 0. The van der Waals surface area contributed by atoms with E-state index in [-0.39, 0.29) is 12.1 Å². The maximum atomic E-state index is 5.91. The Morgan fingerprint density at radius 3 is 1.48 bits per heavy atom. The molecular weight excluding hydrogens is 376 g/mol. The lowest BCUT2D eigenvalue weighted by atomic mass is 10.2. The van der Waals surface area contributed by atoms with E-state index in [1.165, 1.54) is 0 Å². The predicted molar refractivity (Wildman–Crippen MR) is 122 cm³/mol. The summed E-state index contributed by atoms with van der Waals surface area (Å²) in [6.45, 7) is 13.3. The van der Waals surface area contributed by atoms with Gasteiger partial charge in [0.25, 0.3) is 0 Å². The van der Waals surface area contributed by atoms with Gasteiger partial charge < -0.3 is 36.2 Å². The van der Waals surface area contributed by atoms with Crippen molar-refractivity contribution in [3.63, 3.8) is 0 Å². The zero-order chi connectivity index (χ0) is 21.3. The molecule has 0 aromatic rings. The lowest BCUT2D eigenvalue weighted by Gasteiger charge is -2.27. The molecule has 0 saturated carbocycles. The lowest BCUT2D eigenvalue weighted by molar-refractivity contribution is 0.187. The van der Waals surface area contributed by atoms with E-state index in [1.807, 2.05) is 13.8 Å². The molecule has 0 bridgehead atoms. The summed E-state index contributed by atoms with van der Waals surface area (Å²) in [4.78, 5) is 0. The SMILES string of the molecule is CCO[Si](C)(CCC(N)CCN)OCC.CO[Si](C)(C)CCC(N)CCN. The molecule has 2 atom stereocenters. The third-order valence-electron chi connectivity index (χ3n) is 4.61. The van der Waals surface area contributed by atoms with Gasteiger partial charge in [0.1, 0.15) is 0 Å². The van der Waals surface area contributed by atoms with Crippen LogP contribution in [0.1, 0.15) is 39.5 Å². The van der Waals surface area contributed by atoms with E-state index in [1.54, 1.807) is 7.11 Å². The van der Waals surface area contributed by atoms with Crippen LogP contribution in [-0.2, 0) is 13.3 Å². The number of hydrogen-bond donors (Lipinski definition) is 4. The first-order valence-electron chi connectivity index (χ1n) is 10.3. The second-order valence-corrected chi connectivity index (χ2v) is 15.5. The van der Waals surface area contributed by atoms with E-state index in [9.17, 15) is 0 Å². The Kier molecular flexibility index (Phi) is 18.5. The predicted octanol–water partition coefficient (Wildman–Crippen LogP) is 2.10. The Hall–Kier alpha value is 0.154. The highest BCUT2D eigenvalue weighted by atomic mass is 28.4. The summed E-state index contributed by atoms with van der Waals surface area (Å²) < 4.78 is 16.9. The minimum atomic E-state index is -1.96. The van der Waals surface area contributed by atoms with Crippen molar-refractivity contribution in [1.29, 1.82) is 0 Å². The van der Waals surface area contributed by atoms with E-state index in [2.05, 4.69) is 19.6 Å². The third-order valence-corrected chi connectivity index (χ3v) is 10.2. The maximum absolute atomic E-state index is 5.91. The summed E-state index contributed by atoms with van der Waals surface area (Å²) in [5.74, 6) is 0. The normalized spacial score (nSPS) is 14.4. The van der Waals surface area contributed by atoms with E-state index in [4.69, 9.17) is 36.2 Å². The fraction of sp³-hybridized carbons (Fsp3) is 1.00. The van der Waals surface area contributed by atoms with Gasteiger partial charge in [0.2, 0.25) is 0 Å². The Bertz CT molecular complexity index is 334. The minimum absolute atomic E-state index is 0.183. The molecule has 0 spiro atoms. The van der Waals surface area contributed by atoms with Gasteiger partial charge in [-0.3, -0.25) is 0 Å². The summed E-state index contributed by atoms with van der Waals surface area (Å²) in [6.07, 6.45) is 3.79. The molecule has 8 N–H and O–H groups in total. The smallest absolute Gasteiger partial charge is 0.334 e. The number of hydrogen-bond acceptors (Lipinski definition) is 7. The Morgan fingerprint density at radius 1 is 0.741 bits per heavy atom. The molecule has 9 heteroatoms. The summed E-state index contributed by atoms with van der Waals surface area (Å²) in [6, 6.07) is 2.53. The Balaban J connectivity index is 0. The minimum Gasteiger partial charge on any atom is -0.420 e.